The van der Waals surface area contributed by atoms with E-state index in [0.29, 0.717) is 6.54 Å². The van der Waals surface area contributed by atoms with Crippen LogP contribution in [-0.2, 0) is 6.54 Å². The molecule has 6 heteroatoms. The van der Waals surface area contributed by atoms with Gasteiger partial charge in [0, 0.05) is 23.5 Å². The van der Waals surface area contributed by atoms with Gasteiger partial charge in [0.15, 0.2) is 5.96 Å². The second kappa shape index (κ2) is 10.3. The fourth-order valence-electron chi connectivity index (χ4n) is 1.56. The van der Waals surface area contributed by atoms with Crippen LogP contribution in [-0.4, -0.2) is 35.0 Å². The molecule has 0 bridgehead atoms. The molecule has 0 fully saturated rings. The average molecular weight is 422 g/mol. The maximum Gasteiger partial charge on any atom is 0.191 e. The molecule has 1 rings (SSSR count). The Labute approximate surface area is 150 Å². The maximum absolute atomic E-state index is 4.58. The number of guanidine groups is 1. The highest BCUT2D eigenvalue weighted by atomic mass is 127. The van der Waals surface area contributed by atoms with Crippen LogP contribution in [0.25, 0.3) is 0 Å². The zero-order chi connectivity index (χ0) is 15.0. The second-order valence-electron chi connectivity index (χ2n) is 5.28. The molecule has 0 unspecified atom stereocenters. The van der Waals surface area contributed by atoms with Gasteiger partial charge in [-0.3, -0.25) is 4.98 Å². The molecule has 120 valence electrons. The molecule has 0 saturated heterocycles. The van der Waals surface area contributed by atoms with Crippen molar-refractivity contribution in [1.29, 1.82) is 0 Å². The molecule has 4 nitrogen and oxygen atoms in total. The Balaban J connectivity index is 0.00000400. The molecule has 1 aromatic rings. The molecular formula is C15H27IN4S. The lowest BCUT2D eigenvalue weighted by Gasteiger charge is -2.23. The number of nitrogens with one attached hydrogen (secondary N) is 2. The van der Waals surface area contributed by atoms with Crippen LogP contribution >= 0.6 is 35.7 Å². The van der Waals surface area contributed by atoms with Crippen molar-refractivity contribution in [3.05, 3.63) is 29.6 Å². The van der Waals surface area contributed by atoms with Crippen LogP contribution in [0, 0.1) is 6.92 Å². The molecule has 0 aromatic carbocycles. The summed E-state index contributed by atoms with van der Waals surface area (Å²) in [6.45, 7) is 10.8. The van der Waals surface area contributed by atoms with Gasteiger partial charge in [-0.1, -0.05) is 6.07 Å². The van der Waals surface area contributed by atoms with E-state index in [-0.39, 0.29) is 28.7 Å². The molecule has 21 heavy (non-hydrogen) atoms. The van der Waals surface area contributed by atoms with Crippen molar-refractivity contribution in [2.75, 3.05) is 19.3 Å². The predicted octanol–water partition coefficient (Wildman–Crippen LogP) is 3.20. The number of hydrogen-bond donors (Lipinski definition) is 2. The van der Waals surface area contributed by atoms with Gasteiger partial charge in [-0.2, -0.15) is 11.8 Å². The van der Waals surface area contributed by atoms with Gasteiger partial charge in [0.2, 0.25) is 0 Å². The third-order valence-corrected chi connectivity index (χ3v) is 4.17. The van der Waals surface area contributed by atoms with Crippen LogP contribution in [0.3, 0.4) is 0 Å². The number of nitrogens with zero attached hydrogens (tertiary/aromatic N) is 2. The number of rotatable bonds is 6. The molecule has 0 aliphatic carbocycles. The Morgan fingerprint density at radius 3 is 2.62 bits per heavy atom. The lowest BCUT2D eigenvalue weighted by Crippen LogP contribution is -2.43. The minimum Gasteiger partial charge on any atom is -0.357 e. The monoisotopic (exact) mass is 422 g/mol. The van der Waals surface area contributed by atoms with E-state index in [1.54, 1.807) is 0 Å². The van der Waals surface area contributed by atoms with Gasteiger partial charge in [0.25, 0.3) is 0 Å². The zero-order valence-corrected chi connectivity index (χ0v) is 16.7. The lowest BCUT2D eigenvalue weighted by molar-refractivity contribution is 0.664. The first-order chi connectivity index (χ1) is 9.46. The minimum atomic E-state index is 0. The number of halogens is 1. The number of aliphatic imine (C=N–C) groups is 1. The van der Waals surface area contributed by atoms with Gasteiger partial charge in [0.1, 0.15) is 0 Å². The van der Waals surface area contributed by atoms with E-state index in [1.165, 1.54) is 0 Å². The summed E-state index contributed by atoms with van der Waals surface area (Å²) in [5.74, 6) is 0.845. The number of pyridine rings is 1. The van der Waals surface area contributed by atoms with E-state index in [4.69, 9.17) is 0 Å². The standard InChI is InChI=1S/C15H26N4S.HI/c1-6-16-14(18-11-15(3,4)20-5)17-10-13-9-7-8-12(2)19-13;/h7-9H,6,10-11H2,1-5H3,(H2,16,17,18);1H. The zero-order valence-electron chi connectivity index (χ0n) is 13.6. The summed E-state index contributed by atoms with van der Waals surface area (Å²) >= 11 is 1.85. The first-order valence-electron chi connectivity index (χ1n) is 6.96. The Hall–Kier alpha value is -0.500. The topological polar surface area (TPSA) is 49.3 Å². The Morgan fingerprint density at radius 2 is 2.05 bits per heavy atom. The molecule has 0 amide bonds. The van der Waals surface area contributed by atoms with E-state index >= 15 is 0 Å². The van der Waals surface area contributed by atoms with Crippen LogP contribution in [0.4, 0.5) is 0 Å². The van der Waals surface area contributed by atoms with Gasteiger partial charge in [-0.25, -0.2) is 4.99 Å². The average Bonchev–Trinajstić information content (AvgIpc) is 2.42. The molecule has 0 aliphatic rings. The van der Waals surface area contributed by atoms with Crippen molar-refractivity contribution in [3.63, 3.8) is 0 Å². The van der Waals surface area contributed by atoms with Crippen molar-refractivity contribution < 1.29 is 0 Å². The highest BCUT2D eigenvalue weighted by molar-refractivity contribution is 14.0. The highest BCUT2D eigenvalue weighted by Gasteiger charge is 2.15. The number of aromatic nitrogens is 1. The normalized spacial score (nSPS) is 11.8. The molecule has 0 saturated carbocycles. The minimum absolute atomic E-state index is 0. The van der Waals surface area contributed by atoms with E-state index in [9.17, 15) is 0 Å². The fourth-order valence-corrected chi connectivity index (χ4v) is 1.77. The van der Waals surface area contributed by atoms with E-state index in [0.717, 1.165) is 30.4 Å². The van der Waals surface area contributed by atoms with Gasteiger partial charge in [-0.05, 0) is 46.1 Å². The Kier molecular flexibility index (Phi) is 10.0. The number of hydrogen-bond acceptors (Lipinski definition) is 3. The largest absolute Gasteiger partial charge is 0.357 e. The van der Waals surface area contributed by atoms with Crippen molar-refractivity contribution in [2.45, 2.75) is 39.0 Å². The SMILES string of the molecule is CCNC(=NCc1cccc(C)n1)NCC(C)(C)SC.I. The van der Waals surface area contributed by atoms with Crippen LogP contribution in [0.2, 0.25) is 0 Å². The maximum atomic E-state index is 4.58. The smallest absolute Gasteiger partial charge is 0.191 e. The van der Waals surface area contributed by atoms with Crippen molar-refractivity contribution in [2.24, 2.45) is 4.99 Å². The number of aryl methyl sites for hydroxylation is 1. The van der Waals surface area contributed by atoms with Gasteiger partial charge in [-0.15, -0.1) is 24.0 Å². The highest BCUT2D eigenvalue weighted by Crippen LogP contribution is 2.19. The summed E-state index contributed by atoms with van der Waals surface area (Å²) in [5, 5.41) is 6.65. The molecule has 1 heterocycles. The van der Waals surface area contributed by atoms with Crippen LogP contribution in [0.5, 0.6) is 0 Å². The Morgan fingerprint density at radius 1 is 1.33 bits per heavy atom. The molecule has 0 atom stereocenters. The van der Waals surface area contributed by atoms with Crippen molar-refractivity contribution in [1.82, 2.24) is 15.6 Å². The Bertz CT molecular complexity index is 449. The first-order valence-corrected chi connectivity index (χ1v) is 8.19. The number of thioether (sulfide) groups is 1. The summed E-state index contributed by atoms with van der Waals surface area (Å²) < 4.78 is 0.192. The molecule has 0 aliphatic heterocycles. The fraction of sp³-hybridized carbons (Fsp3) is 0.600. The van der Waals surface area contributed by atoms with Crippen LogP contribution in [0.15, 0.2) is 23.2 Å². The van der Waals surface area contributed by atoms with Crippen LogP contribution < -0.4 is 10.6 Å². The van der Waals surface area contributed by atoms with Crippen molar-refractivity contribution >= 4 is 41.7 Å². The summed E-state index contributed by atoms with van der Waals surface area (Å²) in [7, 11) is 0. The van der Waals surface area contributed by atoms with Gasteiger partial charge in [0.05, 0.1) is 12.2 Å². The summed E-state index contributed by atoms with van der Waals surface area (Å²) in [6.07, 6.45) is 2.13. The van der Waals surface area contributed by atoms with E-state index in [1.807, 2.05) is 36.9 Å². The second-order valence-corrected chi connectivity index (χ2v) is 6.80. The summed E-state index contributed by atoms with van der Waals surface area (Å²) in [5.41, 5.74) is 2.02. The van der Waals surface area contributed by atoms with E-state index in [2.05, 4.69) is 47.6 Å². The third-order valence-electron chi connectivity index (χ3n) is 2.92. The summed E-state index contributed by atoms with van der Waals surface area (Å²) in [4.78, 5) is 9.05. The first kappa shape index (κ1) is 20.5. The molecule has 0 spiro atoms. The predicted molar refractivity (Wildman–Crippen MR) is 105 cm³/mol. The molecule has 0 radical (unpaired) electrons. The van der Waals surface area contributed by atoms with Gasteiger partial charge < -0.3 is 10.6 Å². The van der Waals surface area contributed by atoms with Crippen LogP contribution in [0.1, 0.15) is 32.2 Å². The third kappa shape index (κ3) is 8.50. The summed E-state index contributed by atoms with van der Waals surface area (Å²) in [6, 6.07) is 6.02. The molecular weight excluding hydrogens is 395 g/mol. The quantitative estimate of drug-likeness (QED) is 0.420. The molecule has 2 N–H and O–H groups in total. The lowest BCUT2D eigenvalue weighted by atomic mass is 10.2. The van der Waals surface area contributed by atoms with E-state index < -0.39 is 0 Å². The van der Waals surface area contributed by atoms with Crippen molar-refractivity contribution in [3.8, 4) is 0 Å². The van der Waals surface area contributed by atoms with Gasteiger partial charge >= 0.3 is 0 Å². The molecule has 1 aromatic heterocycles.